The van der Waals surface area contributed by atoms with E-state index in [1.807, 2.05) is 13.0 Å². The van der Waals surface area contributed by atoms with Gasteiger partial charge in [0, 0.05) is 10.6 Å². The summed E-state index contributed by atoms with van der Waals surface area (Å²) in [4.78, 5) is 13.6. The number of carbonyl (C=O) groups is 1. The third kappa shape index (κ3) is 3.67. The normalized spacial score (nSPS) is 11.0. The maximum Gasteiger partial charge on any atom is 0.259 e. The van der Waals surface area contributed by atoms with E-state index in [-0.39, 0.29) is 16.3 Å². The molecule has 1 amide bonds. The van der Waals surface area contributed by atoms with Crippen molar-refractivity contribution in [2.45, 2.75) is 6.92 Å². The Balaban J connectivity index is 1.72. The zero-order chi connectivity index (χ0) is 21.4. The maximum absolute atomic E-state index is 13.0. The van der Waals surface area contributed by atoms with Crippen molar-refractivity contribution in [2.24, 2.45) is 0 Å². The van der Waals surface area contributed by atoms with Gasteiger partial charge in [-0.2, -0.15) is 9.61 Å². The number of amides is 1. The number of halogens is 2. The molecule has 0 spiro atoms. The summed E-state index contributed by atoms with van der Waals surface area (Å²) in [6.45, 7) is 1.83. The molecule has 0 saturated heterocycles. The number of carbonyl (C=O) groups excluding carboxylic acids is 1. The van der Waals surface area contributed by atoms with Crippen LogP contribution in [0.25, 0.3) is 15.5 Å². The molecule has 154 valence electrons. The number of rotatable bonds is 5. The van der Waals surface area contributed by atoms with Crippen molar-refractivity contribution in [3.8, 4) is 22.1 Å². The number of hydrogen-bond donors (Lipinski definition) is 1. The molecule has 30 heavy (non-hydrogen) atoms. The molecule has 0 saturated carbocycles. The fourth-order valence-electron chi connectivity index (χ4n) is 2.90. The van der Waals surface area contributed by atoms with E-state index in [4.69, 9.17) is 32.7 Å². The van der Waals surface area contributed by atoms with Crippen LogP contribution in [-0.2, 0) is 0 Å². The van der Waals surface area contributed by atoms with E-state index >= 15 is 0 Å². The van der Waals surface area contributed by atoms with Crippen molar-refractivity contribution in [3.63, 3.8) is 0 Å². The van der Waals surface area contributed by atoms with Gasteiger partial charge in [-0.1, -0.05) is 34.5 Å². The molecule has 0 radical (unpaired) electrons. The van der Waals surface area contributed by atoms with Crippen LogP contribution in [0.1, 0.15) is 16.2 Å². The highest BCUT2D eigenvalue weighted by molar-refractivity contribution is 7.19. The molecule has 0 aliphatic carbocycles. The Bertz CT molecular complexity index is 1270. The highest BCUT2D eigenvalue weighted by atomic mass is 35.5. The minimum Gasteiger partial charge on any atom is -0.495 e. The lowest BCUT2D eigenvalue weighted by Gasteiger charge is -2.14. The standard InChI is InChI=1S/C19H15Cl2N5O3S/c1-9-23-24-19-26(9)25-18(30-19)10-4-5-15(28-2)14(6-10)22-17(27)12-7-11(20)8-13(21)16(12)29-3/h4-8H,1-3H3,(H,22,27). The monoisotopic (exact) mass is 463 g/mol. The molecule has 4 aromatic rings. The number of methoxy groups -OCH3 is 2. The van der Waals surface area contributed by atoms with Crippen LogP contribution >= 0.6 is 34.5 Å². The first-order valence-corrected chi connectivity index (χ1v) is 10.2. The van der Waals surface area contributed by atoms with Gasteiger partial charge in [0.25, 0.3) is 5.91 Å². The molecule has 0 unspecified atom stereocenters. The summed E-state index contributed by atoms with van der Waals surface area (Å²) in [6.07, 6.45) is 0. The fourth-order valence-corrected chi connectivity index (χ4v) is 4.35. The van der Waals surface area contributed by atoms with Crippen LogP contribution in [0.4, 0.5) is 5.69 Å². The van der Waals surface area contributed by atoms with Crippen LogP contribution in [-0.4, -0.2) is 39.9 Å². The second kappa shape index (κ2) is 8.10. The van der Waals surface area contributed by atoms with E-state index < -0.39 is 5.91 Å². The molecular formula is C19H15Cl2N5O3S. The molecule has 0 aliphatic rings. The molecule has 2 heterocycles. The van der Waals surface area contributed by atoms with E-state index in [0.29, 0.717) is 27.2 Å². The highest BCUT2D eigenvalue weighted by Gasteiger charge is 2.19. The summed E-state index contributed by atoms with van der Waals surface area (Å²) in [5, 5.41) is 16.7. The minimum absolute atomic E-state index is 0.205. The number of fused-ring (bicyclic) bond motifs is 1. The summed E-state index contributed by atoms with van der Waals surface area (Å²) >= 11 is 13.6. The van der Waals surface area contributed by atoms with Gasteiger partial charge < -0.3 is 14.8 Å². The lowest BCUT2D eigenvalue weighted by molar-refractivity contribution is 0.102. The van der Waals surface area contributed by atoms with Crippen molar-refractivity contribution >= 4 is 51.1 Å². The summed E-state index contributed by atoms with van der Waals surface area (Å²) in [6, 6.07) is 8.38. The van der Waals surface area contributed by atoms with E-state index in [2.05, 4.69) is 20.6 Å². The number of anilines is 1. The van der Waals surface area contributed by atoms with Gasteiger partial charge in [0.05, 0.1) is 30.5 Å². The molecule has 2 aromatic heterocycles. The number of ether oxygens (including phenoxy) is 2. The van der Waals surface area contributed by atoms with Gasteiger partial charge in [-0.05, 0) is 37.3 Å². The van der Waals surface area contributed by atoms with Crippen molar-refractivity contribution in [1.29, 1.82) is 0 Å². The average molecular weight is 464 g/mol. The van der Waals surface area contributed by atoms with Gasteiger partial charge in [0.2, 0.25) is 4.96 Å². The predicted octanol–water partition coefficient (Wildman–Crippen LogP) is 4.74. The maximum atomic E-state index is 13.0. The molecule has 0 atom stereocenters. The molecule has 11 heteroatoms. The van der Waals surface area contributed by atoms with Crippen LogP contribution in [0.15, 0.2) is 30.3 Å². The third-order valence-corrected chi connectivity index (χ3v) is 5.75. The lowest BCUT2D eigenvalue weighted by atomic mass is 10.1. The summed E-state index contributed by atoms with van der Waals surface area (Å²) in [7, 11) is 2.96. The van der Waals surface area contributed by atoms with E-state index in [1.165, 1.54) is 37.7 Å². The molecule has 1 N–H and O–H groups in total. The zero-order valence-corrected chi connectivity index (χ0v) is 18.4. The number of benzene rings is 2. The van der Waals surface area contributed by atoms with Crippen molar-refractivity contribution < 1.29 is 14.3 Å². The fraction of sp³-hybridized carbons (Fsp3) is 0.158. The number of aromatic nitrogens is 4. The summed E-state index contributed by atoms with van der Waals surface area (Å²) < 4.78 is 12.3. The Labute approximate surface area is 185 Å². The number of nitrogens with zero attached hydrogens (tertiary/aromatic N) is 4. The first kappa shape index (κ1) is 20.4. The van der Waals surface area contributed by atoms with Gasteiger partial charge in [0.1, 0.15) is 16.5 Å². The van der Waals surface area contributed by atoms with E-state index in [1.54, 1.807) is 16.6 Å². The quantitative estimate of drug-likeness (QED) is 0.459. The second-order valence-corrected chi connectivity index (χ2v) is 7.99. The van der Waals surface area contributed by atoms with E-state index in [0.717, 1.165) is 10.6 Å². The van der Waals surface area contributed by atoms with Gasteiger partial charge >= 0.3 is 0 Å². The van der Waals surface area contributed by atoms with Crippen molar-refractivity contribution in [1.82, 2.24) is 19.8 Å². The molecule has 0 fully saturated rings. The van der Waals surface area contributed by atoms with Crippen LogP contribution in [0.2, 0.25) is 10.0 Å². The minimum atomic E-state index is -0.444. The Kier molecular flexibility index (Phi) is 5.50. The first-order chi connectivity index (χ1) is 14.4. The number of nitrogens with one attached hydrogen (secondary N) is 1. The van der Waals surface area contributed by atoms with Gasteiger partial charge in [-0.3, -0.25) is 4.79 Å². The first-order valence-electron chi connectivity index (χ1n) is 8.63. The Hall–Kier alpha value is -2.88. The van der Waals surface area contributed by atoms with Crippen LogP contribution < -0.4 is 14.8 Å². The Morgan fingerprint density at radius 1 is 1.13 bits per heavy atom. The topological polar surface area (TPSA) is 90.6 Å². The summed E-state index contributed by atoms with van der Waals surface area (Å²) in [5.41, 5.74) is 1.45. The number of aryl methyl sites for hydroxylation is 1. The summed E-state index contributed by atoms with van der Waals surface area (Å²) in [5.74, 6) is 0.969. The lowest BCUT2D eigenvalue weighted by Crippen LogP contribution is -2.14. The Morgan fingerprint density at radius 2 is 1.93 bits per heavy atom. The van der Waals surface area contributed by atoms with Gasteiger partial charge in [-0.15, -0.1) is 10.2 Å². The van der Waals surface area contributed by atoms with Crippen LogP contribution in [0.5, 0.6) is 11.5 Å². The molecule has 2 aromatic carbocycles. The second-order valence-electron chi connectivity index (χ2n) is 6.19. The van der Waals surface area contributed by atoms with Crippen LogP contribution in [0, 0.1) is 6.92 Å². The van der Waals surface area contributed by atoms with Gasteiger partial charge in [0.15, 0.2) is 5.82 Å². The molecule has 0 bridgehead atoms. The molecule has 4 rings (SSSR count). The smallest absolute Gasteiger partial charge is 0.259 e. The van der Waals surface area contributed by atoms with Crippen molar-refractivity contribution in [3.05, 3.63) is 51.8 Å². The van der Waals surface area contributed by atoms with E-state index in [9.17, 15) is 4.79 Å². The zero-order valence-electron chi connectivity index (χ0n) is 16.1. The average Bonchev–Trinajstić information content (AvgIpc) is 3.29. The van der Waals surface area contributed by atoms with Gasteiger partial charge in [-0.25, -0.2) is 0 Å². The Morgan fingerprint density at radius 3 is 2.63 bits per heavy atom. The third-order valence-electron chi connectivity index (χ3n) is 4.30. The largest absolute Gasteiger partial charge is 0.495 e. The SMILES string of the molecule is COc1ccc(-c2nn3c(C)nnc3s2)cc1NC(=O)c1cc(Cl)cc(Cl)c1OC. The molecule has 8 nitrogen and oxygen atoms in total. The predicted molar refractivity (Wildman–Crippen MR) is 116 cm³/mol. The number of hydrogen-bond acceptors (Lipinski definition) is 7. The molecular weight excluding hydrogens is 449 g/mol. The van der Waals surface area contributed by atoms with Crippen molar-refractivity contribution in [2.75, 3.05) is 19.5 Å². The van der Waals surface area contributed by atoms with Crippen LogP contribution in [0.3, 0.4) is 0 Å². The highest BCUT2D eigenvalue weighted by Crippen LogP contribution is 2.35. The molecule has 0 aliphatic heterocycles.